The van der Waals surface area contributed by atoms with E-state index in [1.165, 1.54) is 7.11 Å². The first-order chi connectivity index (χ1) is 11.3. The summed E-state index contributed by atoms with van der Waals surface area (Å²) in [6.45, 7) is 1.13. The number of aromatic nitrogens is 2. The molecule has 120 valence electrons. The Morgan fingerprint density at radius 3 is 2.70 bits per heavy atom. The maximum Gasteiger partial charge on any atom is 0.321 e. The Labute approximate surface area is 134 Å². The van der Waals surface area contributed by atoms with Gasteiger partial charge in [-0.3, -0.25) is 0 Å². The summed E-state index contributed by atoms with van der Waals surface area (Å²) in [4.78, 5) is 22.1. The van der Waals surface area contributed by atoms with Gasteiger partial charge >= 0.3 is 6.03 Å². The Balaban J connectivity index is 1.57. The van der Waals surface area contributed by atoms with E-state index in [1.54, 1.807) is 17.3 Å². The number of rotatable bonds is 4. The highest BCUT2D eigenvalue weighted by Gasteiger charge is 2.28. The van der Waals surface area contributed by atoms with Crippen molar-refractivity contribution >= 4 is 11.7 Å². The summed E-state index contributed by atoms with van der Waals surface area (Å²) in [6, 6.07) is 9.24. The number of likely N-dealkylation sites (tertiary alicyclic amines) is 1. The average molecular weight is 314 g/mol. The molecule has 3 rings (SSSR count). The van der Waals surface area contributed by atoms with Gasteiger partial charge in [-0.2, -0.15) is 0 Å². The number of carbonyl (C=O) groups is 1. The third-order valence-electron chi connectivity index (χ3n) is 3.56. The summed E-state index contributed by atoms with van der Waals surface area (Å²) >= 11 is 0. The van der Waals surface area contributed by atoms with Crippen LogP contribution in [-0.2, 0) is 0 Å². The van der Waals surface area contributed by atoms with Gasteiger partial charge in [-0.1, -0.05) is 18.2 Å². The Morgan fingerprint density at radius 1 is 1.22 bits per heavy atom. The quantitative estimate of drug-likeness (QED) is 0.936. The molecule has 2 aromatic rings. The van der Waals surface area contributed by atoms with Crippen LogP contribution in [0, 0.1) is 0 Å². The molecule has 1 unspecified atom stereocenters. The fourth-order valence-electron chi connectivity index (χ4n) is 2.42. The molecule has 2 heterocycles. The van der Waals surface area contributed by atoms with Crippen molar-refractivity contribution in [3.05, 3.63) is 42.7 Å². The van der Waals surface area contributed by atoms with Crippen LogP contribution in [0.2, 0.25) is 0 Å². The smallest absolute Gasteiger partial charge is 0.321 e. The van der Waals surface area contributed by atoms with Gasteiger partial charge in [0.05, 0.1) is 13.7 Å². The standard InChI is InChI=1S/C16H18N4O3/c1-22-14-15(18-9-8-17-14)23-13-7-10-20(11-13)16(21)19-12-5-3-2-4-6-12/h2-6,8-9,13H,7,10-11H2,1H3,(H,19,21). The molecule has 1 fully saturated rings. The molecule has 7 nitrogen and oxygen atoms in total. The van der Waals surface area contributed by atoms with Gasteiger partial charge in [0.25, 0.3) is 11.8 Å². The number of methoxy groups -OCH3 is 1. The summed E-state index contributed by atoms with van der Waals surface area (Å²) in [5, 5.41) is 2.87. The third-order valence-corrected chi connectivity index (χ3v) is 3.56. The normalized spacial score (nSPS) is 16.9. The first-order valence-corrected chi connectivity index (χ1v) is 7.39. The minimum atomic E-state index is -0.131. The highest BCUT2D eigenvalue weighted by Crippen LogP contribution is 2.24. The second-order valence-corrected chi connectivity index (χ2v) is 5.14. The molecule has 0 radical (unpaired) electrons. The largest absolute Gasteiger partial charge is 0.477 e. The maximum atomic E-state index is 12.2. The lowest BCUT2D eigenvalue weighted by molar-refractivity contribution is 0.182. The highest BCUT2D eigenvalue weighted by atomic mass is 16.5. The van der Waals surface area contributed by atoms with Crippen molar-refractivity contribution in [3.8, 4) is 11.8 Å². The van der Waals surface area contributed by atoms with E-state index in [-0.39, 0.29) is 12.1 Å². The van der Waals surface area contributed by atoms with Gasteiger partial charge in [0.15, 0.2) is 0 Å². The first kappa shape index (κ1) is 15.1. The van der Waals surface area contributed by atoms with E-state index in [2.05, 4.69) is 15.3 Å². The number of benzene rings is 1. The minimum Gasteiger partial charge on any atom is -0.477 e. The van der Waals surface area contributed by atoms with Crippen LogP contribution in [-0.4, -0.2) is 47.2 Å². The monoisotopic (exact) mass is 314 g/mol. The van der Waals surface area contributed by atoms with E-state index in [4.69, 9.17) is 9.47 Å². The van der Waals surface area contributed by atoms with Crippen molar-refractivity contribution in [3.63, 3.8) is 0 Å². The van der Waals surface area contributed by atoms with E-state index in [9.17, 15) is 4.79 Å². The average Bonchev–Trinajstić information content (AvgIpc) is 3.05. The summed E-state index contributed by atoms with van der Waals surface area (Å²) in [6.07, 6.45) is 3.70. The minimum absolute atomic E-state index is 0.123. The Bertz CT molecular complexity index is 665. The Kier molecular flexibility index (Phi) is 4.56. The van der Waals surface area contributed by atoms with E-state index in [1.807, 2.05) is 30.3 Å². The van der Waals surface area contributed by atoms with Crippen LogP contribution in [0.3, 0.4) is 0 Å². The summed E-state index contributed by atoms with van der Waals surface area (Å²) < 4.78 is 10.9. The van der Waals surface area contributed by atoms with Crippen molar-refractivity contribution in [1.29, 1.82) is 0 Å². The number of urea groups is 1. The van der Waals surface area contributed by atoms with Gasteiger partial charge in [0.1, 0.15) is 6.10 Å². The molecule has 1 aliphatic rings. The topological polar surface area (TPSA) is 76.6 Å². The molecule has 1 aromatic heterocycles. The number of hydrogen-bond acceptors (Lipinski definition) is 5. The maximum absolute atomic E-state index is 12.2. The number of nitrogens with zero attached hydrogens (tertiary/aromatic N) is 3. The zero-order valence-corrected chi connectivity index (χ0v) is 12.8. The SMILES string of the molecule is COc1nccnc1OC1CCN(C(=O)Nc2ccccc2)C1. The molecule has 1 aliphatic heterocycles. The molecule has 1 aromatic carbocycles. The molecule has 7 heteroatoms. The predicted octanol–water partition coefficient (Wildman–Crippen LogP) is 2.17. The van der Waals surface area contributed by atoms with Gasteiger partial charge in [-0.15, -0.1) is 0 Å². The lowest BCUT2D eigenvalue weighted by atomic mass is 10.3. The predicted molar refractivity (Wildman–Crippen MR) is 84.7 cm³/mol. The number of anilines is 1. The van der Waals surface area contributed by atoms with Crippen molar-refractivity contribution in [1.82, 2.24) is 14.9 Å². The summed E-state index contributed by atoms with van der Waals surface area (Å²) in [5.41, 5.74) is 0.775. The number of hydrogen-bond donors (Lipinski definition) is 1. The zero-order chi connectivity index (χ0) is 16.1. The van der Waals surface area contributed by atoms with E-state index in [0.717, 1.165) is 12.1 Å². The van der Waals surface area contributed by atoms with E-state index < -0.39 is 0 Å². The molecule has 0 aliphatic carbocycles. The zero-order valence-electron chi connectivity index (χ0n) is 12.8. The molecule has 0 bridgehead atoms. The summed E-state index contributed by atoms with van der Waals surface area (Å²) in [7, 11) is 1.52. The molecular weight excluding hydrogens is 296 g/mol. The van der Waals surface area contributed by atoms with Crippen LogP contribution < -0.4 is 14.8 Å². The van der Waals surface area contributed by atoms with Gasteiger partial charge in [-0.25, -0.2) is 14.8 Å². The second kappa shape index (κ2) is 6.95. The highest BCUT2D eigenvalue weighted by molar-refractivity contribution is 5.89. The fraction of sp³-hybridized carbons (Fsp3) is 0.312. The number of ether oxygens (including phenoxy) is 2. The third kappa shape index (κ3) is 3.68. The summed E-state index contributed by atoms with van der Waals surface area (Å²) in [5.74, 6) is 0.699. The molecule has 1 N–H and O–H groups in total. The van der Waals surface area contributed by atoms with Crippen molar-refractivity contribution in [2.45, 2.75) is 12.5 Å². The lowest BCUT2D eigenvalue weighted by Crippen LogP contribution is -2.34. The molecule has 2 amide bonds. The van der Waals surface area contributed by atoms with Crippen molar-refractivity contribution < 1.29 is 14.3 Å². The number of amides is 2. The van der Waals surface area contributed by atoms with Gasteiger partial charge in [0, 0.05) is 31.0 Å². The first-order valence-electron chi connectivity index (χ1n) is 7.39. The molecule has 1 saturated heterocycles. The lowest BCUT2D eigenvalue weighted by Gasteiger charge is -2.18. The number of carbonyl (C=O) groups excluding carboxylic acids is 1. The van der Waals surface area contributed by atoms with Gasteiger partial charge in [0.2, 0.25) is 0 Å². The fourth-order valence-corrected chi connectivity index (χ4v) is 2.42. The van der Waals surface area contributed by atoms with Gasteiger partial charge < -0.3 is 19.7 Å². The number of nitrogens with one attached hydrogen (secondary N) is 1. The molecule has 0 spiro atoms. The molecule has 0 saturated carbocycles. The Hall–Kier alpha value is -2.83. The number of para-hydroxylation sites is 1. The van der Waals surface area contributed by atoms with Crippen LogP contribution in [0.5, 0.6) is 11.8 Å². The van der Waals surface area contributed by atoms with Crippen LogP contribution in [0.15, 0.2) is 42.7 Å². The van der Waals surface area contributed by atoms with Crippen LogP contribution in [0.1, 0.15) is 6.42 Å². The van der Waals surface area contributed by atoms with Crippen LogP contribution in [0.25, 0.3) is 0 Å². The van der Waals surface area contributed by atoms with Crippen LogP contribution >= 0.6 is 0 Å². The van der Waals surface area contributed by atoms with E-state index >= 15 is 0 Å². The Morgan fingerprint density at radius 2 is 1.96 bits per heavy atom. The van der Waals surface area contributed by atoms with Crippen LogP contribution in [0.4, 0.5) is 10.5 Å². The van der Waals surface area contributed by atoms with Gasteiger partial charge in [-0.05, 0) is 12.1 Å². The van der Waals surface area contributed by atoms with Crippen molar-refractivity contribution in [2.75, 3.05) is 25.5 Å². The molecule has 1 atom stereocenters. The van der Waals surface area contributed by atoms with E-state index in [0.29, 0.717) is 24.8 Å². The second-order valence-electron chi connectivity index (χ2n) is 5.14. The van der Waals surface area contributed by atoms with Crippen molar-refractivity contribution in [2.24, 2.45) is 0 Å². The molecular formula is C16H18N4O3. The molecule has 23 heavy (non-hydrogen) atoms.